The molecule has 3 heteroatoms. The van der Waals surface area contributed by atoms with Crippen LogP contribution in [0.15, 0.2) is 23.4 Å². The number of aromatic nitrogens is 1. The van der Waals surface area contributed by atoms with Crippen molar-refractivity contribution in [3.8, 4) is 0 Å². The van der Waals surface area contributed by atoms with Gasteiger partial charge >= 0.3 is 0 Å². The fraction of sp³-hybridized carbons (Fsp3) is 0.143. The Balaban J connectivity index is 3.03. The van der Waals surface area contributed by atoms with Crippen molar-refractivity contribution in [3.05, 3.63) is 29.6 Å². The van der Waals surface area contributed by atoms with Crippen LogP contribution < -0.4 is 5.84 Å². The molecule has 10 heavy (non-hydrogen) atoms. The van der Waals surface area contributed by atoms with Crippen molar-refractivity contribution in [2.24, 2.45) is 10.9 Å². The van der Waals surface area contributed by atoms with E-state index in [2.05, 4.69) is 10.1 Å². The average Bonchev–Trinajstić information content (AvgIpc) is 1.94. The molecule has 0 aliphatic carbocycles. The van der Waals surface area contributed by atoms with E-state index in [0.29, 0.717) is 0 Å². The Bertz CT molecular complexity index is 242. The van der Waals surface area contributed by atoms with E-state index in [4.69, 9.17) is 5.84 Å². The molecule has 0 unspecified atom stereocenters. The second-order valence-corrected chi connectivity index (χ2v) is 1.98. The van der Waals surface area contributed by atoms with Gasteiger partial charge in [0.25, 0.3) is 0 Å². The first-order valence-corrected chi connectivity index (χ1v) is 2.99. The molecule has 0 radical (unpaired) electrons. The maximum Gasteiger partial charge on any atom is 0.0859 e. The van der Waals surface area contributed by atoms with Gasteiger partial charge in [-0.3, -0.25) is 4.98 Å². The zero-order valence-corrected chi connectivity index (χ0v) is 5.78. The van der Waals surface area contributed by atoms with Gasteiger partial charge in [0, 0.05) is 6.20 Å². The van der Waals surface area contributed by atoms with Gasteiger partial charge in [0.15, 0.2) is 0 Å². The van der Waals surface area contributed by atoms with Crippen molar-refractivity contribution in [2.45, 2.75) is 6.92 Å². The summed E-state index contributed by atoms with van der Waals surface area (Å²) in [5.74, 6) is 4.96. The minimum atomic E-state index is 0.824. The van der Waals surface area contributed by atoms with Crippen LogP contribution in [0.1, 0.15) is 11.3 Å². The number of hydrazone groups is 1. The van der Waals surface area contributed by atoms with Gasteiger partial charge < -0.3 is 5.84 Å². The molecule has 2 N–H and O–H groups in total. The summed E-state index contributed by atoms with van der Waals surface area (Å²) in [4.78, 5) is 4.04. The summed E-state index contributed by atoms with van der Waals surface area (Å²) in [6, 6.07) is 3.84. The molecule has 1 rings (SSSR count). The van der Waals surface area contributed by atoms with Gasteiger partial charge in [0.05, 0.1) is 11.9 Å². The van der Waals surface area contributed by atoms with Crippen LogP contribution in [-0.2, 0) is 0 Å². The molecule has 1 aromatic heterocycles. The summed E-state index contributed by atoms with van der Waals surface area (Å²) in [5, 5.41) is 3.38. The first-order valence-electron chi connectivity index (χ1n) is 2.99. The summed E-state index contributed by atoms with van der Waals surface area (Å²) < 4.78 is 0. The minimum absolute atomic E-state index is 0.824. The predicted molar refractivity (Wildman–Crippen MR) is 40.8 cm³/mol. The summed E-state index contributed by atoms with van der Waals surface area (Å²) in [6.07, 6.45) is 3.25. The van der Waals surface area contributed by atoms with E-state index >= 15 is 0 Å². The normalized spacial score (nSPS) is 10.5. The smallest absolute Gasteiger partial charge is 0.0859 e. The quantitative estimate of drug-likeness (QED) is 0.350. The second-order valence-electron chi connectivity index (χ2n) is 1.98. The molecule has 0 atom stereocenters. The lowest BCUT2D eigenvalue weighted by Gasteiger charge is -1.93. The highest BCUT2D eigenvalue weighted by molar-refractivity contribution is 5.78. The molecular weight excluding hydrogens is 126 g/mol. The number of nitrogens with two attached hydrogens (primary N) is 1. The molecule has 0 saturated heterocycles. The standard InChI is InChI=1S/C7H9N3/c1-6-3-2-4-9-7(6)5-10-8/h2-5H,8H2,1H3/b10-5+. The van der Waals surface area contributed by atoms with Crippen molar-refractivity contribution >= 4 is 6.21 Å². The largest absolute Gasteiger partial charge is 0.323 e. The molecule has 0 bridgehead atoms. The number of hydrogen-bond acceptors (Lipinski definition) is 3. The molecular formula is C7H9N3. The third kappa shape index (κ3) is 1.31. The first-order chi connectivity index (χ1) is 4.84. The molecule has 0 spiro atoms. The lowest BCUT2D eigenvalue weighted by molar-refractivity contribution is 1.21. The predicted octanol–water partition coefficient (Wildman–Crippen LogP) is 0.683. The fourth-order valence-electron chi connectivity index (χ4n) is 0.704. The van der Waals surface area contributed by atoms with E-state index < -0.39 is 0 Å². The number of rotatable bonds is 1. The van der Waals surface area contributed by atoms with Crippen LogP contribution in [0.4, 0.5) is 0 Å². The minimum Gasteiger partial charge on any atom is -0.323 e. The first kappa shape index (κ1) is 6.74. The van der Waals surface area contributed by atoms with E-state index in [1.807, 2.05) is 19.1 Å². The zero-order chi connectivity index (χ0) is 7.40. The monoisotopic (exact) mass is 135 g/mol. The summed E-state index contributed by atoms with van der Waals surface area (Å²) in [6.45, 7) is 1.96. The van der Waals surface area contributed by atoms with Gasteiger partial charge in [-0.2, -0.15) is 5.10 Å². The number of hydrogen-bond donors (Lipinski definition) is 1. The van der Waals surface area contributed by atoms with Crippen molar-refractivity contribution in [1.82, 2.24) is 4.98 Å². The van der Waals surface area contributed by atoms with E-state index in [0.717, 1.165) is 11.3 Å². The van der Waals surface area contributed by atoms with E-state index in [-0.39, 0.29) is 0 Å². The SMILES string of the molecule is Cc1cccnc1/C=N/N. The third-order valence-electron chi connectivity index (χ3n) is 1.25. The van der Waals surface area contributed by atoms with Crippen LogP contribution in [0.5, 0.6) is 0 Å². The topological polar surface area (TPSA) is 51.3 Å². The highest BCUT2D eigenvalue weighted by atomic mass is 15.1. The van der Waals surface area contributed by atoms with Crippen LogP contribution in [-0.4, -0.2) is 11.2 Å². The third-order valence-corrected chi connectivity index (χ3v) is 1.25. The van der Waals surface area contributed by atoms with E-state index in [9.17, 15) is 0 Å². The molecule has 0 amide bonds. The van der Waals surface area contributed by atoms with Gasteiger partial charge in [-0.15, -0.1) is 0 Å². The van der Waals surface area contributed by atoms with Crippen molar-refractivity contribution in [3.63, 3.8) is 0 Å². The van der Waals surface area contributed by atoms with Gasteiger partial charge in [-0.05, 0) is 18.6 Å². The second kappa shape index (κ2) is 2.96. The van der Waals surface area contributed by atoms with Gasteiger partial charge in [0.1, 0.15) is 0 Å². The van der Waals surface area contributed by atoms with Crippen molar-refractivity contribution in [1.29, 1.82) is 0 Å². The summed E-state index contributed by atoms with van der Waals surface area (Å²) in [5.41, 5.74) is 1.90. The molecule has 0 saturated carbocycles. The number of nitrogens with zero attached hydrogens (tertiary/aromatic N) is 2. The van der Waals surface area contributed by atoms with Crippen LogP contribution in [0.2, 0.25) is 0 Å². The Morgan fingerprint density at radius 1 is 1.70 bits per heavy atom. The maximum absolute atomic E-state index is 4.96. The Kier molecular flexibility index (Phi) is 1.99. The average molecular weight is 135 g/mol. The number of aryl methyl sites for hydroxylation is 1. The van der Waals surface area contributed by atoms with Gasteiger partial charge in [-0.25, -0.2) is 0 Å². The Morgan fingerprint density at radius 2 is 2.50 bits per heavy atom. The Labute approximate surface area is 59.6 Å². The summed E-state index contributed by atoms with van der Waals surface area (Å²) >= 11 is 0. The van der Waals surface area contributed by atoms with Crippen LogP contribution in [0.25, 0.3) is 0 Å². The van der Waals surface area contributed by atoms with Crippen molar-refractivity contribution in [2.75, 3.05) is 0 Å². The molecule has 52 valence electrons. The molecule has 0 aliphatic rings. The van der Waals surface area contributed by atoms with E-state index in [1.54, 1.807) is 6.20 Å². The maximum atomic E-state index is 4.96. The summed E-state index contributed by atoms with van der Waals surface area (Å²) in [7, 11) is 0. The molecule has 3 nitrogen and oxygen atoms in total. The molecule has 0 aromatic carbocycles. The molecule has 1 heterocycles. The highest BCUT2D eigenvalue weighted by Gasteiger charge is 1.91. The Hall–Kier alpha value is -1.38. The van der Waals surface area contributed by atoms with Crippen LogP contribution >= 0.6 is 0 Å². The zero-order valence-electron chi connectivity index (χ0n) is 5.78. The lowest BCUT2D eigenvalue weighted by atomic mass is 10.2. The fourth-order valence-corrected chi connectivity index (χ4v) is 0.704. The van der Waals surface area contributed by atoms with Crippen molar-refractivity contribution < 1.29 is 0 Å². The van der Waals surface area contributed by atoms with Crippen LogP contribution in [0, 0.1) is 6.92 Å². The van der Waals surface area contributed by atoms with Gasteiger partial charge in [0.2, 0.25) is 0 Å². The van der Waals surface area contributed by atoms with Crippen LogP contribution in [0.3, 0.4) is 0 Å². The Morgan fingerprint density at radius 3 is 3.10 bits per heavy atom. The van der Waals surface area contributed by atoms with Gasteiger partial charge in [-0.1, -0.05) is 6.07 Å². The highest BCUT2D eigenvalue weighted by Crippen LogP contribution is 1.98. The lowest BCUT2D eigenvalue weighted by Crippen LogP contribution is -1.92. The molecule has 1 aromatic rings. The van der Waals surface area contributed by atoms with E-state index in [1.165, 1.54) is 6.21 Å². The number of pyridine rings is 1. The molecule has 0 aliphatic heterocycles. The molecule has 0 fully saturated rings.